The molecule has 1 atom stereocenters. The summed E-state index contributed by atoms with van der Waals surface area (Å²) < 4.78 is 0. The van der Waals surface area contributed by atoms with E-state index in [2.05, 4.69) is 24.5 Å². The summed E-state index contributed by atoms with van der Waals surface area (Å²) in [5.41, 5.74) is 0.101. The van der Waals surface area contributed by atoms with E-state index in [9.17, 15) is 4.79 Å². The number of carbonyl (C=O) groups is 1. The number of hydrogen-bond donors (Lipinski definition) is 2. The predicted molar refractivity (Wildman–Crippen MR) is 74.4 cm³/mol. The third-order valence-electron chi connectivity index (χ3n) is 4.53. The molecule has 0 aliphatic heterocycles. The van der Waals surface area contributed by atoms with Crippen molar-refractivity contribution in [3.8, 4) is 0 Å². The highest BCUT2D eigenvalue weighted by Crippen LogP contribution is 2.39. The maximum Gasteiger partial charge on any atom is 0.237 e. The van der Waals surface area contributed by atoms with Crippen LogP contribution in [0.15, 0.2) is 0 Å². The number of nitrogens with one attached hydrogen (secondary N) is 2. The second-order valence-electron chi connectivity index (χ2n) is 6.71. The molecule has 0 saturated heterocycles. The highest BCUT2D eigenvalue weighted by atomic mass is 16.2. The first kappa shape index (κ1) is 13.9. The molecule has 0 heterocycles. The molecule has 104 valence electrons. The van der Waals surface area contributed by atoms with E-state index >= 15 is 0 Å². The number of hydrogen-bond acceptors (Lipinski definition) is 2. The van der Waals surface area contributed by atoms with Crippen molar-refractivity contribution in [1.29, 1.82) is 0 Å². The van der Waals surface area contributed by atoms with Gasteiger partial charge >= 0.3 is 0 Å². The van der Waals surface area contributed by atoms with Gasteiger partial charge in [-0.05, 0) is 52.4 Å². The maximum absolute atomic E-state index is 12.2. The molecular formula is C15H28N2O. The molecule has 2 saturated carbocycles. The Morgan fingerprint density at radius 1 is 1.11 bits per heavy atom. The van der Waals surface area contributed by atoms with Gasteiger partial charge in [0.1, 0.15) is 0 Å². The summed E-state index contributed by atoms with van der Waals surface area (Å²) in [5, 5.41) is 6.69. The Balaban J connectivity index is 1.76. The van der Waals surface area contributed by atoms with Crippen molar-refractivity contribution < 1.29 is 4.79 Å². The van der Waals surface area contributed by atoms with Crippen LogP contribution in [0, 0.1) is 5.92 Å². The molecule has 0 aromatic carbocycles. The third kappa shape index (κ3) is 3.71. The Kier molecular flexibility index (Phi) is 4.31. The van der Waals surface area contributed by atoms with Gasteiger partial charge in [-0.1, -0.05) is 19.3 Å². The molecule has 0 bridgehead atoms. The van der Waals surface area contributed by atoms with Crippen molar-refractivity contribution in [2.45, 2.75) is 83.3 Å². The molecule has 3 heteroatoms. The molecule has 0 aromatic heterocycles. The zero-order valence-electron chi connectivity index (χ0n) is 12.1. The van der Waals surface area contributed by atoms with E-state index in [1.165, 1.54) is 32.1 Å². The molecule has 2 N–H and O–H groups in total. The summed E-state index contributed by atoms with van der Waals surface area (Å²) in [6, 6.07) is 0.335. The van der Waals surface area contributed by atoms with E-state index in [0.717, 1.165) is 18.8 Å². The van der Waals surface area contributed by atoms with Gasteiger partial charge in [-0.2, -0.15) is 0 Å². The monoisotopic (exact) mass is 252 g/mol. The first-order valence-electron chi connectivity index (χ1n) is 7.57. The lowest BCUT2D eigenvalue weighted by molar-refractivity contribution is -0.124. The van der Waals surface area contributed by atoms with E-state index in [1.807, 2.05) is 6.92 Å². The SMILES string of the molecule is CC(NC(C)(C)C1CC1)C(=O)NC1CCCCC1. The van der Waals surface area contributed by atoms with Crippen LogP contribution in [-0.2, 0) is 4.79 Å². The van der Waals surface area contributed by atoms with Crippen molar-refractivity contribution in [3.63, 3.8) is 0 Å². The molecule has 2 rings (SSSR count). The maximum atomic E-state index is 12.2. The summed E-state index contributed by atoms with van der Waals surface area (Å²) in [6.45, 7) is 6.42. The van der Waals surface area contributed by atoms with E-state index in [4.69, 9.17) is 0 Å². The average Bonchev–Trinajstić information content (AvgIpc) is 3.13. The van der Waals surface area contributed by atoms with Crippen molar-refractivity contribution in [2.24, 2.45) is 5.92 Å². The normalized spacial score (nSPS) is 23.7. The third-order valence-corrected chi connectivity index (χ3v) is 4.53. The topological polar surface area (TPSA) is 41.1 Å². The molecule has 2 aliphatic rings. The van der Waals surface area contributed by atoms with Gasteiger partial charge in [0.2, 0.25) is 5.91 Å². The zero-order valence-corrected chi connectivity index (χ0v) is 12.1. The molecule has 2 fully saturated rings. The van der Waals surface area contributed by atoms with Crippen molar-refractivity contribution >= 4 is 5.91 Å². The fourth-order valence-corrected chi connectivity index (χ4v) is 3.12. The van der Waals surface area contributed by atoms with Gasteiger partial charge < -0.3 is 10.6 Å². The number of rotatable bonds is 5. The summed E-state index contributed by atoms with van der Waals surface area (Å²) in [4.78, 5) is 12.2. The molecule has 1 unspecified atom stereocenters. The second kappa shape index (κ2) is 5.60. The van der Waals surface area contributed by atoms with E-state index < -0.39 is 0 Å². The minimum absolute atomic E-state index is 0.0810. The highest BCUT2D eigenvalue weighted by Gasteiger charge is 2.39. The molecule has 3 nitrogen and oxygen atoms in total. The number of amides is 1. The quantitative estimate of drug-likeness (QED) is 0.789. The summed E-state index contributed by atoms with van der Waals surface area (Å²) in [5.74, 6) is 0.929. The fourth-order valence-electron chi connectivity index (χ4n) is 3.12. The van der Waals surface area contributed by atoms with Gasteiger partial charge in [0.25, 0.3) is 0 Å². The van der Waals surface area contributed by atoms with Gasteiger partial charge in [0, 0.05) is 11.6 Å². The molecule has 0 aromatic rings. The van der Waals surface area contributed by atoms with Crippen LogP contribution in [0.25, 0.3) is 0 Å². The Labute approximate surface area is 111 Å². The lowest BCUT2D eigenvalue weighted by Crippen LogP contribution is -2.54. The van der Waals surface area contributed by atoms with Crippen molar-refractivity contribution in [2.75, 3.05) is 0 Å². The smallest absolute Gasteiger partial charge is 0.237 e. The highest BCUT2D eigenvalue weighted by molar-refractivity contribution is 5.81. The van der Waals surface area contributed by atoms with Crippen LogP contribution in [0.4, 0.5) is 0 Å². The predicted octanol–water partition coefficient (Wildman–Crippen LogP) is 2.60. The Morgan fingerprint density at radius 2 is 1.72 bits per heavy atom. The molecule has 2 aliphatic carbocycles. The lowest BCUT2D eigenvalue weighted by Gasteiger charge is -2.31. The van der Waals surface area contributed by atoms with E-state index in [1.54, 1.807) is 0 Å². The zero-order chi connectivity index (χ0) is 13.2. The fraction of sp³-hybridized carbons (Fsp3) is 0.933. The van der Waals surface area contributed by atoms with Crippen LogP contribution >= 0.6 is 0 Å². The molecule has 0 spiro atoms. The summed E-state index contributed by atoms with van der Waals surface area (Å²) in [7, 11) is 0. The minimum atomic E-state index is -0.0810. The van der Waals surface area contributed by atoms with Gasteiger partial charge in [-0.3, -0.25) is 4.79 Å². The van der Waals surface area contributed by atoms with Crippen LogP contribution in [0.5, 0.6) is 0 Å². The van der Waals surface area contributed by atoms with Gasteiger partial charge in [-0.15, -0.1) is 0 Å². The van der Waals surface area contributed by atoms with E-state index in [-0.39, 0.29) is 17.5 Å². The Hall–Kier alpha value is -0.570. The summed E-state index contributed by atoms with van der Waals surface area (Å²) in [6.07, 6.45) is 8.78. The van der Waals surface area contributed by atoms with Gasteiger partial charge in [0.15, 0.2) is 0 Å². The second-order valence-corrected chi connectivity index (χ2v) is 6.71. The van der Waals surface area contributed by atoms with Crippen LogP contribution in [-0.4, -0.2) is 23.5 Å². The minimum Gasteiger partial charge on any atom is -0.352 e. The van der Waals surface area contributed by atoms with Crippen LogP contribution in [0.3, 0.4) is 0 Å². The van der Waals surface area contributed by atoms with Crippen LogP contribution in [0.1, 0.15) is 65.7 Å². The largest absolute Gasteiger partial charge is 0.352 e. The van der Waals surface area contributed by atoms with Gasteiger partial charge in [-0.25, -0.2) is 0 Å². The van der Waals surface area contributed by atoms with E-state index in [0.29, 0.717) is 6.04 Å². The van der Waals surface area contributed by atoms with Crippen molar-refractivity contribution in [3.05, 3.63) is 0 Å². The van der Waals surface area contributed by atoms with Crippen molar-refractivity contribution in [1.82, 2.24) is 10.6 Å². The Bertz CT molecular complexity index is 291. The molecule has 18 heavy (non-hydrogen) atoms. The average molecular weight is 252 g/mol. The Morgan fingerprint density at radius 3 is 2.28 bits per heavy atom. The van der Waals surface area contributed by atoms with Crippen LogP contribution in [0.2, 0.25) is 0 Å². The standard InChI is InChI=1S/C15H28N2O/c1-11(17-15(2,3)12-9-10-12)14(18)16-13-7-5-4-6-8-13/h11-13,17H,4-10H2,1-3H3,(H,16,18). The first-order valence-corrected chi connectivity index (χ1v) is 7.57. The molecule has 0 radical (unpaired) electrons. The number of carbonyl (C=O) groups excluding carboxylic acids is 1. The summed E-state index contributed by atoms with van der Waals surface area (Å²) >= 11 is 0. The first-order chi connectivity index (χ1) is 8.49. The van der Waals surface area contributed by atoms with Crippen LogP contribution < -0.4 is 10.6 Å². The molecule has 1 amide bonds. The lowest BCUT2D eigenvalue weighted by atomic mass is 9.95. The molecular weight excluding hydrogens is 224 g/mol. The van der Waals surface area contributed by atoms with Gasteiger partial charge in [0.05, 0.1) is 6.04 Å².